The highest BCUT2D eigenvalue weighted by Crippen LogP contribution is 2.14. The van der Waals surface area contributed by atoms with Gasteiger partial charge in [0.1, 0.15) is 5.82 Å². The molecule has 1 aromatic heterocycles. The van der Waals surface area contributed by atoms with E-state index in [1.54, 1.807) is 31.3 Å². The van der Waals surface area contributed by atoms with Crippen LogP contribution < -0.4 is 10.6 Å². The molecule has 98 valence electrons. The molecule has 1 heterocycles. The fourth-order valence-electron chi connectivity index (χ4n) is 1.62. The van der Waals surface area contributed by atoms with Crippen LogP contribution in [-0.4, -0.2) is 17.9 Å². The van der Waals surface area contributed by atoms with Crippen LogP contribution in [0.2, 0.25) is 0 Å². The Morgan fingerprint density at radius 1 is 1.26 bits per heavy atom. The molecule has 19 heavy (non-hydrogen) atoms. The number of rotatable bonds is 3. The molecular weight excluding hydrogens is 245 g/mol. The van der Waals surface area contributed by atoms with Gasteiger partial charge < -0.3 is 10.6 Å². The molecular formula is C14H14FN3O. The first kappa shape index (κ1) is 13.0. The predicted molar refractivity (Wildman–Crippen MR) is 72.2 cm³/mol. The van der Waals surface area contributed by atoms with Gasteiger partial charge >= 0.3 is 0 Å². The topological polar surface area (TPSA) is 59.2 Å². The zero-order valence-corrected chi connectivity index (χ0v) is 10.5. The van der Waals surface area contributed by atoms with E-state index in [0.717, 1.165) is 0 Å². The van der Waals surface area contributed by atoms with Crippen molar-refractivity contribution in [2.45, 2.75) is 6.42 Å². The Labute approximate surface area is 110 Å². The van der Waals surface area contributed by atoms with Crippen LogP contribution in [0.25, 0.3) is 0 Å². The maximum atomic E-state index is 12.8. The standard InChI is InChI=1S/C14H14FN3O/c1-18(13-6-2-10(15)3-7-13)14(19)8-12-5-4-11(16)9-17-12/h2-7,9H,8,16H2,1H3. The summed E-state index contributed by atoms with van der Waals surface area (Å²) in [6.45, 7) is 0. The van der Waals surface area contributed by atoms with Crippen molar-refractivity contribution in [3.8, 4) is 0 Å². The summed E-state index contributed by atoms with van der Waals surface area (Å²) < 4.78 is 12.8. The van der Waals surface area contributed by atoms with Gasteiger partial charge in [0, 0.05) is 18.4 Å². The highest BCUT2D eigenvalue weighted by atomic mass is 19.1. The van der Waals surface area contributed by atoms with Crippen LogP contribution in [0.4, 0.5) is 15.8 Å². The van der Waals surface area contributed by atoms with Crippen molar-refractivity contribution >= 4 is 17.3 Å². The number of anilines is 2. The zero-order chi connectivity index (χ0) is 13.8. The van der Waals surface area contributed by atoms with E-state index >= 15 is 0 Å². The lowest BCUT2D eigenvalue weighted by Gasteiger charge is -2.17. The lowest BCUT2D eigenvalue weighted by Crippen LogP contribution is -2.28. The molecule has 2 aromatic rings. The van der Waals surface area contributed by atoms with Crippen molar-refractivity contribution in [2.75, 3.05) is 17.7 Å². The molecule has 0 unspecified atom stereocenters. The maximum Gasteiger partial charge on any atom is 0.232 e. The van der Waals surface area contributed by atoms with Crippen LogP contribution in [0.5, 0.6) is 0 Å². The molecule has 0 radical (unpaired) electrons. The highest BCUT2D eigenvalue weighted by Gasteiger charge is 2.12. The smallest absolute Gasteiger partial charge is 0.232 e. The number of carbonyl (C=O) groups excluding carboxylic acids is 1. The van der Waals surface area contributed by atoms with Gasteiger partial charge in [-0.15, -0.1) is 0 Å². The monoisotopic (exact) mass is 259 g/mol. The summed E-state index contributed by atoms with van der Waals surface area (Å²) >= 11 is 0. The molecule has 1 aromatic carbocycles. The summed E-state index contributed by atoms with van der Waals surface area (Å²) in [5, 5.41) is 0. The minimum atomic E-state index is -0.329. The van der Waals surface area contributed by atoms with Crippen LogP contribution in [0, 0.1) is 5.82 Å². The Balaban J connectivity index is 2.07. The van der Waals surface area contributed by atoms with Gasteiger partial charge in [-0.3, -0.25) is 9.78 Å². The average molecular weight is 259 g/mol. The summed E-state index contributed by atoms with van der Waals surface area (Å²) in [4.78, 5) is 17.6. The first-order valence-electron chi connectivity index (χ1n) is 5.79. The second-order valence-electron chi connectivity index (χ2n) is 4.19. The highest BCUT2D eigenvalue weighted by molar-refractivity contribution is 5.93. The fourth-order valence-corrected chi connectivity index (χ4v) is 1.62. The summed E-state index contributed by atoms with van der Waals surface area (Å²) in [5.41, 5.74) is 7.37. The molecule has 0 atom stereocenters. The average Bonchev–Trinajstić information content (AvgIpc) is 2.41. The number of amides is 1. The van der Waals surface area contributed by atoms with Gasteiger partial charge in [0.15, 0.2) is 0 Å². The number of nitrogen functional groups attached to an aromatic ring is 1. The number of aromatic nitrogens is 1. The van der Waals surface area contributed by atoms with Gasteiger partial charge in [-0.1, -0.05) is 0 Å². The number of hydrogen-bond acceptors (Lipinski definition) is 3. The van der Waals surface area contributed by atoms with Crippen LogP contribution in [0.15, 0.2) is 42.6 Å². The number of halogens is 1. The van der Waals surface area contributed by atoms with E-state index in [4.69, 9.17) is 5.73 Å². The molecule has 0 bridgehead atoms. The third kappa shape index (κ3) is 3.28. The van der Waals surface area contributed by atoms with Gasteiger partial charge in [-0.2, -0.15) is 0 Å². The normalized spacial score (nSPS) is 10.2. The number of nitrogens with two attached hydrogens (primary N) is 1. The molecule has 0 aliphatic heterocycles. The van der Waals surface area contributed by atoms with Crippen LogP contribution in [0.1, 0.15) is 5.69 Å². The lowest BCUT2D eigenvalue weighted by atomic mass is 10.2. The van der Waals surface area contributed by atoms with Gasteiger partial charge in [-0.05, 0) is 36.4 Å². The van der Waals surface area contributed by atoms with Crippen molar-refractivity contribution in [1.82, 2.24) is 4.98 Å². The quantitative estimate of drug-likeness (QED) is 0.917. The van der Waals surface area contributed by atoms with Crippen LogP contribution in [-0.2, 0) is 11.2 Å². The van der Waals surface area contributed by atoms with Crippen molar-refractivity contribution in [1.29, 1.82) is 0 Å². The Morgan fingerprint density at radius 3 is 2.53 bits per heavy atom. The van der Waals surface area contributed by atoms with E-state index in [9.17, 15) is 9.18 Å². The van der Waals surface area contributed by atoms with E-state index < -0.39 is 0 Å². The molecule has 0 aliphatic rings. The molecule has 0 fully saturated rings. The number of likely N-dealkylation sites (N-methyl/N-ethyl adjacent to an activating group) is 1. The minimum Gasteiger partial charge on any atom is -0.397 e. The van der Waals surface area contributed by atoms with E-state index in [2.05, 4.69) is 4.98 Å². The Hall–Kier alpha value is -2.43. The first-order chi connectivity index (χ1) is 9.06. The van der Waals surface area contributed by atoms with Gasteiger partial charge in [0.2, 0.25) is 5.91 Å². The number of benzene rings is 1. The van der Waals surface area contributed by atoms with E-state index in [1.807, 2.05) is 0 Å². The summed E-state index contributed by atoms with van der Waals surface area (Å²) in [7, 11) is 1.65. The lowest BCUT2D eigenvalue weighted by molar-refractivity contribution is -0.117. The van der Waals surface area contributed by atoms with Crippen LogP contribution >= 0.6 is 0 Å². The van der Waals surface area contributed by atoms with Crippen molar-refractivity contribution in [3.05, 3.63) is 54.1 Å². The summed E-state index contributed by atoms with van der Waals surface area (Å²) in [6, 6.07) is 9.17. The summed E-state index contributed by atoms with van der Waals surface area (Å²) in [6.07, 6.45) is 1.69. The largest absolute Gasteiger partial charge is 0.397 e. The van der Waals surface area contributed by atoms with E-state index in [0.29, 0.717) is 17.1 Å². The van der Waals surface area contributed by atoms with E-state index in [1.165, 1.54) is 23.2 Å². The van der Waals surface area contributed by atoms with Gasteiger partial charge in [0.05, 0.1) is 18.3 Å². The number of hydrogen-bond donors (Lipinski definition) is 1. The van der Waals surface area contributed by atoms with Crippen LogP contribution in [0.3, 0.4) is 0 Å². The third-order valence-corrected chi connectivity index (χ3v) is 2.77. The van der Waals surface area contributed by atoms with Gasteiger partial charge in [0.25, 0.3) is 0 Å². The number of carbonyl (C=O) groups is 1. The SMILES string of the molecule is CN(C(=O)Cc1ccc(N)cn1)c1ccc(F)cc1. The second-order valence-corrected chi connectivity index (χ2v) is 4.19. The number of nitrogens with zero attached hydrogens (tertiary/aromatic N) is 2. The molecule has 5 heteroatoms. The molecule has 2 N–H and O–H groups in total. The predicted octanol–water partition coefficient (Wildman–Crippen LogP) is 2.01. The molecule has 0 spiro atoms. The Kier molecular flexibility index (Phi) is 3.75. The zero-order valence-electron chi connectivity index (χ0n) is 10.5. The van der Waals surface area contributed by atoms with Crippen molar-refractivity contribution < 1.29 is 9.18 Å². The number of pyridine rings is 1. The third-order valence-electron chi connectivity index (χ3n) is 2.77. The molecule has 0 aliphatic carbocycles. The summed E-state index contributed by atoms with van der Waals surface area (Å²) in [5.74, 6) is -0.450. The maximum absolute atomic E-state index is 12.8. The Morgan fingerprint density at radius 2 is 1.95 bits per heavy atom. The molecule has 1 amide bonds. The fraction of sp³-hybridized carbons (Fsp3) is 0.143. The second kappa shape index (κ2) is 5.48. The van der Waals surface area contributed by atoms with E-state index in [-0.39, 0.29) is 18.1 Å². The molecule has 2 rings (SSSR count). The first-order valence-corrected chi connectivity index (χ1v) is 5.79. The van der Waals surface area contributed by atoms with Crippen molar-refractivity contribution in [2.24, 2.45) is 0 Å². The van der Waals surface area contributed by atoms with Crippen molar-refractivity contribution in [3.63, 3.8) is 0 Å². The molecule has 0 saturated heterocycles. The molecule has 0 saturated carbocycles. The minimum absolute atomic E-state index is 0.121. The molecule has 4 nitrogen and oxygen atoms in total. The van der Waals surface area contributed by atoms with Gasteiger partial charge in [-0.25, -0.2) is 4.39 Å². The Bertz CT molecular complexity index is 566.